The molecule has 0 aromatic carbocycles. The summed E-state index contributed by atoms with van der Waals surface area (Å²) in [6, 6.07) is -0.869. The van der Waals surface area contributed by atoms with Gasteiger partial charge in [0.05, 0.1) is 12.1 Å². The van der Waals surface area contributed by atoms with Gasteiger partial charge in [-0.25, -0.2) is 4.79 Å². The van der Waals surface area contributed by atoms with Crippen molar-refractivity contribution in [3.63, 3.8) is 0 Å². The number of Topliss-reactive ketones (excluding diaryl/α,β-unsaturated/α-hetero) is 1. The second kappa shape index (κ2) is 7.29. The minimum absolute atomic E-state index is 0.319. The molecule has 2 saturated heterocycles. The van der Waals surface area contributed by atoms with Crippen LogP contribution in [0.5, 0.6) is 0 Å². The Bertz CT molecular complexity index is 582. The first-order valence-corrected chi connectivity index (χ1v) is 9.06. The van der Waals surface area contributed by atoms with Crippen molar-refractivity contribution in [1.82, 2.24) is 5.32 Å². The number of hydrogen-bond acceptors (Lipinski definition) is 8. The van der Waals surface area contributed by atoms with Crippen molar-refractivity contribution >= 4 is 11.9 Å². The second-order valence-corrected chi connectivity index (χ2v) is 8.81. The summed E-state index contributed by atoms with van der Waals surface area (Å²) in [5.74, 6) is -1.33. The predicted molar refractivity (Wildman–Crippen MR) is 93.8 cm³/mol. The molecule has 0 aliphatic carbocycles. The van der Waals surface area contributed by atoms with Crippen molar-refractivity contribution in [3.05, 3.63) is 0 Å². The standard InChI is InChI=1S/C18H31NO8/c1-9(19-15(22)27-16(2,3)4)10(20)8-11(21)12-18(7,23)13-14(24-12)26-17(5,6)25-13/h9,11-14,21,23H,8H2,1-7H3,(H,19,22)/t9-,11+,12+,13-,14+,18+/m0/s1. The summed E-state index contributed by atoms with van der Waals surface area (Å²) in [4.78, 5) is 24.1. The number of amides is 1. The Morgan fingerprint density at radius 2 is 1.81 bits per heavy atom. The number of carbonyl (C=O) groups is 2. The van der Waals surface area contributed by atoms with Gasteiger partial charge in [-0.1, -0.05) is 0 Å². The third-order valence-corrected chi connectivity index (χ3v) is 4.47. The van der Waals surface area contributed by atoms with Crippen LogP contribution in [-0.2, 0) is 23.7 Å². The lowest BCUT2D eigenvalue weighted by Gasteiger charge is -2.32. The normalized spacial score (nSPS) is 34.6. The summed E-state index contributed by atoms with van der Waals surface area (Å²) in [7, 11) is 0. The van der Waals surface area contributed by atoms with E-state index in [-0.39, 0.29) is 6.42 Å². The SMILES string of the molecule is C[C@H](NC(=O)OC(C)(C)C)C(=O)C[C@@H](O)[C@H]1O[C@@H]2OC(C)(C)O[C@@H]2[C@]1(C)O. The van der Waals surface area contributed by atoms with Gasteiger partial charge < -0.3 is 34.5 Å². The molecule has 0 bridgehead atoms. The highest BCUT2D eigenvalue weighted by Crippen LogP contribution is 2.44. The molecule has 0 unspecified atom stereocenters. The van der Waals surface area contributed by atoms with Crippen molar-refractivity contribution in [3.8, 4) is 0 Å². The molecule has 0 spiro atoms. The fourth-order valence-electron chi connectivity index (χ4n) is 3.20. The topological polar surface area (TPSA) is 124 Å². The Hall–Kier alpha value is -1.26. The molecule has 3 N–H and O–H groups in total. The molecule has 2 aliphatic heterocycles. The molecule has 9 nitrogen and oxygen atoms in total. The maximum Gasteiger partial charge on any atom is 0.408 e. The number of aliphatic hydroxyl groups is 2. The van der Waals surface area contributed by atoms with E-state index in [2.05, 4.69) is 5.32 Å². The van der Waals surface area contributed by atoms with Gasteiger partial charge in [0.15, 0.2) is 17.9 Å². The Kier molecular flexibility index (Phi) is 5.95. The molecule has 1 amide bonds. The summed E-state index contributed by atoms with van der Waals surface area (Å²) in [6.45, 7) is 11.5. The predicted octanol–water partition coefficient (Wildman–Crippen LogP) is 0.847. The maximum absolute atomic E-state index is 12.3. The summed E-state index contributed by atoms with van der Waals surface area (Å²) >= 11 is 0. The lowest BCUT2D eigenvalue weighted by Crippen LogP contribution is -2.52. The fraction of sp³-hybridized carbons (Fsp3) is 0.889. The van der Waals surface area contributed by atoms with Crippen LogP contribution in [0.3, 0.4) is 0 Å². The maximum atomic E-state index is 12.3. The number of fused-ring (bicyclic) bond motifs is 1. The largest absolute Gasteiger partial charge is 0.444 e. The number of alkyl carbamates (subject to hydrolysis) is 1. The number of carbonyl (C=O) groups excluding carboxylic acids is 2. The average molecular weight is 389 g/mol. The van der Waals surface area contributed by atoms with Gasteiger partial charge in [-0.2, -0.15) is 0 Å². The third kappa shape index (κ3) is 5.17. The molecule has 0 radical (unpaired) electrons. The molecule has 2 rings (SSSR count). The van der Waals surface area contributed by atoms with Crippen LogP contribution in [0.4, 0.5) is 4.79 Å². The zero-order chi connectivity index (χ0) is 20.8. The van der Waals surface area contributed by atoms with E-state index in [1.165, 1.54) is 13.8 Å². The zero-order valence-corrected chi connectivity index (χ0v) is 16.9. The minimum atomic E-state index is -1.54. The monoisotopic (exact) mass is 389 g/mol. The lowest BCUT2D eigenvalue weighted by atomic mass is 9.89. The van der Waals surface area contributed by atoms with E-state index < -0.39 is 59.5 Å². The molecule has 0 aromatic heterocycles. The van der Waals surface area contributed by atoms with Gasteiger partial charge in [0.1, 0.15) is 23.4 Å². The molecular weight excluding hydrogens is 358 g/mol. The van der Waals surface area contributed by atoms with Gasteiger partial charge in [0, 0.05) is 6.42 Å². The van der Waals surface area contributed by atoms with Crippen LogP contribution in [0.1, 0.15) is 54.9 Å². The van der Waals surface area contributed by atoms with Crippen molar-refractivity contribution in [1.29, 1.82) is 0 Å². The second-order valence-electron chi connectivity index (χ2n) is 8.81. The van der Waals surface area contributed by atoms with Crippen LogP contribution in [0.25, 0.3) is 0 Å². The molecule has 2 fully saturated rings. The summed E-state index contributed by atoms with van der Waals surface area (Å²) in [5.41, 5.74) is -2.23. The van der Waals surface area contributed by atoms with E-state index in [0.29, 0.717) is 0 Å². The quantitative estimate of drug-likeness (QED) is 0.632. The van der Waals surface area contributed by atoms with E-state index in [1.54, 1.807) is 34.6 Å². The van der Waals surface area contributed by atoms with Crippen LogP contribution in [-0.4, -0.2) is 69.7 Å². The lowest BCUT2D eigenvalue weighted by molar-refractivity contribution is -0.239. The van der Waals surface area contributed by atoms with E-state index >= 15 is 0 Å². The third-order valence-electron chi connectivity index (χ3n) is 4.47. The van der Waals surface area contributed by atoms with Crippen molar-refractivity contribution in [2.24, 2.45) is 0 Å². The van der Waals surface area contributed by atoms with Crippen molar-refractivity contribution < 1.29 is 38.7 Å². The highest BCUT2D eigenvalue weighted by Gasteiger charge is 2.62. The zero-order valence-electron chi connectivity index (χ0n) is 16.9. The van der Waals surface area contributed by atoms with Crippen LogP contribution in [0, 0.1) is 0 Å². The fourth-order valence-corrected chi connectivity index (χ4v) is 3.20. The Morgan fingerprint density at radius 1 is 1.22 bits per heavy atom. The Balaban J connectivity index is 1.92. The molecule has 2 heterocycles. The first-order valence-electron chi connectivity index (χ1n) is 9.06. The molecule has 6 atom stereocenters. The van der Waals surface area contributed by atoms with E-state index in [0.717, 1.165) is 0 Å². The number of aliphatic hydroxyl groups excluding tert-OH is 1. The molecule has 0 saturated carbocycles. The highest BCUT2D eigenvalue weighted by atomic mass is 16.8. The summed E-state index contributed by atoms with van der Waals surface area (Å²) in [5, 5.41) is 23.6. The van der Waals surface area contributed by atoms with E-state index in [9.17, 15) is 19.8 Å². The van der Waals surface area contributed by atoms with Gasteiger partial charge >= 0.3 is 6.09 Å². The number of ether oxygens (including phenoxy) is 4. The highest BCUT2D eigenvalue weighted by molar-refractivity contribution is 5.87. The molecule has 2 aliphatic rings. The van der Waals surface area contributed by atoms with Gasteiger partial charge in [-0.3, -0.25) is 4.79 Å². The van der Waals surface area contributed by atoms with E-state index in [4.69, 9.17) is 18.9 Å². The molecule has 0 aromatic rings. The minimum Gasteiger partial charge on any atom is -0.444 e. The first-order chi connectivity index (χ1) is 12.1. The Labute approximate surface area is 159 Å². The summed E-state index contributed by atoms with van der Waals surface area (Å²) in [6.07, 6.45) is -5.01. The van der Waals surface area contributed by atoms with Crippen LogP contribution < -0.4 is 5.32 Å². The van der Waals surface area contributed by atoms with Gasteiger partial charge in [-0.15, -0.1) is 0 Å². The number of nitrogens with one attached hydrogen (secondary N) is 1. The van der Waals surface area contributed by atoms with Crippen LogP contribution in [0.2, 0.25) is 0 Å². The number of ketones is 1. The van der Waals surface area contributed by atoms with Crippen molar-refractivity contribution in [2.75, 3.05) is 0 Å². The van der Waals surface area contributed by atoms with Gasteiger partial charge in [0.25, 0.3) is 0 Å². The molecule has 9 heteroatoms. The Morgan fingerprint density at radius 3 is 2.33 bits per heavy atom. The van der Waals surface area contributed by atoms with Gasteiger partial charge in [-0.05, 0) is 48.5 Å². The first kappa shape index (κ1) is 22.0. The van der Waals surface area contributed by atoms with Crippen molar-refractivity contribution in [2.45, 2.75) is 103 Å². The molecule has 27 heavy (non-hydrogen) atoms. The average Bonchev–Trinajstić information content (AvgIpc) is 2.88. The summed E-state index contributed by atoms with van der Waals surface area (Å²) < 4.78 is 21.9. The smallest absolute Gasteiger partial charge is 0.408 e. The number of rotatable bonds is 5. The molecular formula is C18H31NO8. The van der Waals surface area contributed by atoms with Crippen LogP contribution in [0.15, 0.2) is 0 Å². The van der Waals surface area contributed by atoms with Crippen LogP contribution >= 0.6 is 0 Å². The molecule has 156 valence electrons. The van der Waals surface area contributed by atoms with Gasteiger partial charge in [0.2, 0.25) is 0 Å². The van der Waals surface area contributed by atoms with E-state index in [1.807, 2.05) is 0 Å². The number of hydrogen-bond donors (Lipinski definition) is 3.